The Morgan fingerprint density at radius 1 is 0.375 bits per heavy atom. The Bertz CT molecular complexity index is 1700. The summed E-state index contributed by atoms with van der Waals surface area (Å²) >= 11 is 0. The molecular formula is C45H44N2O. The maximum absolute atomic E-state index is 10.00. The van der Waals surface area contributed by atoms with Gasteiger partial charge in [0.1, 0.15) is 5.75 Å². The van der Waals surface area contributed by atoms with Gasteiger partial charge < -0.3 is 14.9 Å². The van der Waals surface area contributed by atoms with Crippen LogP contribution in [-0.4, -0.2) is 5.11 Å². The first kappa shape index (κ1) is 31.3. The normalized spacial score (nSPS) is 14.0. The molecule has 0 unspecified atom stereocenters. The lowest BCUT2D eigenvalue weighted by Crippen LogP contribution is -2.30. The number of hydrogen-bond donors (Lipinski definition) is 1. The van der Waals surface area contributed by atoms with E-state index in [1.807, 2.05) is 12.1 Å². The second-order valence-corrected chi connectivity index (χ2v) is 13.4. The summed E-state index contributed by atoms with van der Waals surface area (Å²) in [5.41, 5.74) is 13.2. The van der Waals surface area contributed by atoms with Crippen LogP contribution in [0.15, 0.2) is 146 Å². The van der Waals surface area contributed by atoms with Crippen LogP contribution in [0.25, 0.3) is 0 Å². The maximum Gasteiger partial charge on any atom is 0.115 e. The number of phenols is 1. The van der Waals surface area contributed by atoms with Crippen molar-refractivity contribution in [3.63, 3.8) is 0 Å². The van der Waals surface area contributed by atoms with Crippen molar-refractivity contribution >= 4 is 34.1 Å². The van der Waals surface area contributed by atoms with Crippen LogP contribution in [0.2, 0.25) is 0 Å². The molecule has 1 aliphatic rings. The largest absolute Gasteiger partial charge is 0.508 e. The second-order valence-electron chi connectivity index (χ2n) is 13.4. The van der Waals surface area contributed by atoms with Gasteiger partial charge in [-0.3, -0.25) is 0 Å². The third kappa shape index (κ3) is 6.33. The van der Waals surface area contributed by atoms with E-state index in [0.29, 0.717) is 0 Å². The molecule has 1 saturated carbocycles. The number of hydrogen-bond acceptors (Lipinski definition) is 3. The monoisotopic (exact) mass is 628 g/mol. The number of aromatic hydroxyl groups is 1. The molecule has 0 amide bonds. The molecule has 3 heteroatoms. The van der Waals surface area contributed by atoms with E-state index in [2.05, 4.69) is 152 Å². The summed E-state index contributed by atoms with van der Waals surface area (Å²) in [5, 5.41) is 10.00. The Morgan fingerprint density at radius 3 is 0.958 bits per heavy atom. The third-order valence-electron chi connectivity index (χ3n) is 10.0. The Morgan fingerprint density at radius 2 is 0.646 bits per heavy atom. The molecule has 0 radical (unpaired) electrons. The molecule has 0 saturated heterocycles. The SMILES string of the molecule is Cc1ccc(N(c2ccc(C)cc2)c2ccc(C3(c4ccc(N(c5ccc(C)cc5)c5ccc(O)cc5)cc4)CCCCC3)cc2)cc1. The van der Waals surface area contributed by atoms with Crippen LogP contribution in [0.3, 0.4) is 0 Å². The van der Waals surface area contributed by atoms with Crippen LogP contribution in [0, 0.1) is 20.8 Å². The van der Waals surface area contributed by atoms with E-state index in [0.717, 1.165) is 47.0 Å². The number of rotatable bonds is 8. The summed E-state index contributed by atoms with van der Waals surface area (Å²) in [6.07, 6.45) is 6.03. The first-order valence-electron chi connectivity index (χ1n) is 17.2. The average Bonchev–Trinajstić information content (AvgIpc) is 3.13. The molecule has 0 aromatic heterocycles. The van der Waals surface area contributed by atoms with Crippen molar-refractivity contribution < 1.29 is 5.11 Å². The van der Waals surface area contributed by atoms with E-state index in [-0.39, 0.29) is 11.2 Å². The van der Waals surface area contributed by atoms with Crippen molar-refractivity contribution in [2.45, 2.75) is 58.3 Å². The predicted molar refractivity (Wildman–Crippen MR) is 202 cm³/mol. The predicted octanol–water partition coefficient (Wildman–Crippen LogP) is 12.5. The van der Waals surface area contributed by atoms with Crippen LogP contribution < -0.4 is 9.80 Å². The minimum atomic E-state index is -0.0267. The van der Waals surface area contributed by atoms with Gasteiger partial charge in [0.25, 0.3) is 0 Å². The molecule has 0 atom stereocenters. The van der Waals surface area contributed by atoms with E-state index in [4.69, 9.17) is 0 Å². The van der Waals surface area contributed by atoms with E-state index in [1.54, 1.807) is 12.1 Å². The van der Waals surface area contributed by atoms with Crippen LogP contribution >= 0.6 is 0 Å². The highest BCUT2D eigenvalue weighted by Crippen LogP contribution is 2.47. The highest BCUT2D eigenvalue weighted by atomic mass is 16.3. The lowest BCUT2D eigenvalue weighted by molar-refractivity contribution is 0.346. The Balaban J connectivity index is 1.25. The molecule has 240 valence electrons. The fourth-order valence-corrected chi connectivity index (χ4v) is 7.34. The highest BCUT2D eigenvalue weighted by Gasteiger charge is 2.36. The number of phenolic OH excluding ortho intramolecular Hbond substituents is 1. The summed E-state index contributed by atoms with van der Waals surface area (Å²) in [6.45, 7) is 6.39. The van der Waals surface area contributed by atoms with Gasteiger partial charge in [-0.05, 0) is 130 Å². The summed E-state index contributed by atoms with van der Waals surface area (Å²) < 4.78 is 0. The Kier molecular flexibility index (Phi) is 8.78. The quantitative estimate of drug-likeness (QED) is 0.182. The van der Waals surface area contributed by atoms with Crippen molar-refractivity contribution in [2.75, 3.05) is 9.80 Å². The molecule has 6 aromatic rings. The van der Waals surface area contributed by atoms with Crippen LogP contribution in [0.4, 0.5) is 34.1 Å². The van der Waals surface area contributed by atoms with Gasteiger partial charge in [-0.1, -0.05) is 96.6 Å². The summed E-state index contributed by atoms with van der Waals surface area (Å²) in [5.74, 6) is 0.268. The van der Waals surface area contributed by atoms with Crippen molar-refractivity contribution in [1.29, 1.82) is 0 Å². The number of anilines is 6. The molecule has 6 aromatic carbocycles. The van der Waals surface area contributed by atoms with Crippen molar-refractivity contribution in [1.82, 2.24) is 0 Å². The minimum absolute atomic E-state index is 0.0267. The van der Waals surface area contributed by atoms with Gasteiger partial charge in [0.05, 0.1) is 0 Å². The number of nitrogens with zero attached hydrogens (tertiary/aromatic N) is 2. The van der Waals surface area contributed by atoms with Gasteiger partial charge in [0, 0.05) is 39.5 Å². The molecular weight excluding hydrogens is 585 g/mol. The fraction of sp³-hybridized carbons (Fsp3) is 0.200. The summed E-state index contributed by atoms with van der Waals surface area (Å²) in [7, 11) is 0. The molecule has 0 bridgehead atoms. The highest BCUT2D eigenvalue weighted by molar-refractivity contribution is 5.78. The molecule has 0 aliphatic heterocycles. The number of aryl methyl sites for hydroxylation is 3. The van der Waals surface area contributed by atoms with Gasteiger partial charge in [0.2, 0.25) is 0 Å². The maximum atomic E-state index is 10.00. The lowest BCUT2D eigenvalue weighted by Gasteiger charge is -2.39. The van der Waals surface area contributed by atoms with Gasteiger partial charge in [0.15, 0.2) is 0 Å². The van der Waals surface area contributed by atoms with E-state index in [1.165, 1.54) is 47.1 Å². The van der Waals surface area contributed by atoms with Gasteiger partial charge in [-0.25, -0.2) is 0 Å². The lowest BCUT2D eigenvalue weighted by atomic mass is 9.65. The van der Waals surface area contributed by atoms with E-state index < -0.39 is 0 Å². The molecule has 3 nitrogen and oxygen atoms in total. The third-order valence-corrected chi connectivity index (χ3v) is 10.0. The zero-order chi connectivity index (χ0) is 33.1. The molecule has 7 rings (SSSR count). The average molecular weight is 629 g/mol. The minimum Gasteiger partial charge on any atom is -0.508 e. The van der Waals surface area contributed by atoms with Crippen molar-refractivity contribution in [3.05, 3.63) is 173 Å². The summed E-state index contributed by atoms with van der Waals surface area (Å²) in [4.78, 5) is 4.61. The second kappa shape index (κ2) is 13.4. The molecule has 0 spiro atoms. The van der Waals surface area contributed by atoms with Crippen molar-refractivity contribution in [3.8, 4) is 5.75 Å². The van der Waals surface area contributed by atoms with Gasteiger partial charge in [-0.2, -0.15) is 0 Å². The molecule has 0 heterocycles. The van der Waals surface area contributed by atoms with Crippen LogP contribution in [-0.2, 0) is 5.41 Å². The smallest absolute Gasteiger partial charge is 0.115 e. The topological polar surface area (TPSA) is 26.7 Å². The Labute approximate surface area is 285 Å². The fourth-order valence-electron chi connectivity index (χ4n) is 7.34. The zero-order valence-electron chi connectivity index (χ0n) is 28.2. The first-order chi connectivity index (χ1) is 23.4. The number of benzene rings is 6. The summed E-state index contributed by atoms with van der Waals surface area (Å²) in [6, 6.07) is 52.3. The zero-order valence-corrected chi connectivity index (χ0v) is 28.2. The molecule has 1 fully saturated rings. The van der Waals surface area contributed by atoms with E-state index in [9.17, 15) is 5.11 Å². The standard InChI is InChI=1S/C45H44N2O/c1-33-7-17-38(18-8-33)46(39-19-9-34(2)10-20-39)41-23-13-36(14-24-41)45(31-5-4-6-32-45)37-15-25-42(26-16-37)47(40-21-11-35(3)12-22-40)43-27-29-44(48)30-28-43/h7-30,48H,4-6,31-32H2,1-3H3. The van der Waals surface area contributed by atoms with Crippen LogP contribution in [0.5, 0.6) is 5.75 Å². The van der Waals surface area contributed by atoms with Gasteiger partial charge in [-0.15, -0.1) is 0 Å². The van der Waals surface area contributed by atoms with E-state index >= 15 is 0 Å². The molecule has 1 N–H and O–H groups in total. The molecule has 48 heavy (non-hydrogen) atoms. The van der Waals surface area contributed by atoms with Crippen molar-refractivity contribution in [2.24, 2.45) is 0 Å². The Hall–Kier alpha value is -5.28. The van der Waals surface area contributed by atoms with Crippen LogP contribution in [0.1, 0.15) is 59.9 Å². The first-order valence-corrected chi connectivity index (χ1v) is 17.2. The van der Waals surface area contributed by atoms with Gasteiger partial charge >= 0.3 is 0 Å². The molecule has 1 aliphatic carbocycles.